The van der Waals surface area contributed by atoms with Gasteiger partial charge >= 0.3 is 5.97 Å². The highest BCUT2D eigenvalue weighted by atomic mass is 16.4. The number of carbonyl (C=O) groups is 2. The molecule has 0 fully saturated rings. The van der Waals surface area contributed by atoms with Gasteiger partial charge < -0.3 is 10.0 Å². The van der Waals surface area contributed by atoms with Crippen molar-refractivity contribution >= 4 is 11.9 Å². The number of hydrogen-bond donors (Lipinski definition) is 1. The predicted octanol–water partition coefficient (Wildman–Crippen LogP) is 0.612. The number of nitrogens with zero attached hydrogens (tertiary/aromatic N) is 2. The molecule has 0 saturated heterocycles. The first-order valence-electron chi connectivity index (χ1n) is 4.37. The van der Waals surface area contributed by atoms with Crippen molar-refractivity contribution in [3.8, 4) is 6.07 Å². The molecule has 0 rings (SSSR count). The topological polar surface area (TPSA) is 81.4 Å². The third-order valence-corrected chi connectivity index (χ3v) is 1.71. The van der Waals surface area contributed by atoms with Crippen LogP contribution in [0.3, 0.4) is 0 Å². The lowest BCUT2D eigenvalue weighted by atomic mass is 10.2. The number of carbonyl (C=O) groups excluding carboxylic acids is 1. The Kier molecular flexibility index (Phi) is 5.30. The predicted molar refractivity (Wildman–Crippen MR) is 49.3 cm³/mol. The van der Waals surface area contributed by atoms with Gasteiger partial charge in [-0.2, -0.15) is 5.26 Å². The molecular formula is C9H14N2O3. The van der Waals surface area contributed by atoms with Crippen molar-refractivity contribution in [3.63, 3.8) is 0 Å². The maximum absolute atomic E-state index is 11.3. The number of carboxylic acid groups (broad SMARTS) is 1. The van der Waals surface area contributed by atoms with Crippen molar-refractivity contribution in [3.05, 3.63) is 0 Å². The van der Waals surface area contributed by atoms with Crippen LogP contribution in [-0.4, -0.2) is 34.5 Å². The third-order valence-electron chi connectivity index (χ3n) is 1.71. The number of aliphatic carboxylic acids is 1. The van der Waals surface area contributed by atoms with E-state index in [9.17, 15) is 9.59 Å². The Balaban J connectivity index is 4.27. The summed E-state index contributed by atoms with van der Waals surface area (Å²) in [6.07, 6.45) is -0.285. The Hall–Kier alpha value is -1.57. The van der Waals surface area contributed by atoms with Crippen LogP contribution < -0.4 is 0 Å². The fourth-order valence-electron chi connectivity index (χ4n) is 1.07. The molecule has 1 amide bonds. The first kappa shape index (κ1) is 12.4. The Morgan fingerprint density at radius 2 is 2.07 bits per heavy atom. The van der Waals surface area contributed by atoms with Crippen LogP contribution in [0.2, 0.25) is 0 Å². The number of amides is 1. The Bertz CT molecular complexity index is 255. The first-order valence-corrected chi connectivity index (χ1v) is 4.37. The zero-order chi connectivity index (χ0) is 11.1. The van der Waals surface area contributed by atoms with Crippen molar-refractivity contribution < 1.29 is 14.7 Å². The Morgan fingerprint density at radius 1 is 1.50 bits per heavy atom. The lowest BCUT2D eigenvalue weighted by Gasteiger charge is -2.25. The summed E-state index contributed by atoms with van der Waals surface area (Å²) in [5.41, 5.74) is 0. The minimum absolute atomic E-state index is 0.0739. The van der Waals surface area contributed by atoms with E-state index in [1.54, 1.807) is 13.8 Å². The summed E-state index contributed by atoms with van der Waals surface area (Å²) in [4.78, 5) is 23.0. The fraction of sp³-hybridized carbons (Fsp3) is 0.667. The monoisotopic (exact) mass is 198 g/mol. The zero-order valence-electron chi connectivity index (χ0n) is 8.36. The lowest BCUT2D eigenvalue weighted by molar-refractivity contribution is -0.144. The van der Waals surface area contributed by atoms with Gasteiger partial charge in [0, 0.05) is 12.6 Å². The molecule has 0 aliphatic carbocycles. The van der Waals surface area contributed by atoms with Gasteiger partial charge in [-0.05, 0) is 13.8 Å². The molecule has 0 spiro atoms. The van der Waals surface area contributed by atoms with Gasteiger partial charge in [-0.3, -0.25) is 9.59 Å². The molecule has 0 aromatic rings. The molecule has 0 saturated carbocycles. The standard InChI is InChI=1S/C9H14N2O3/c1-7(2)11(5-3-4-10)8(12)6-9(13)14/h7H,3,5-6H2,1-2H3,(H,13,14). The van der Waals surface area contributed by atoms with Crippen LogP contribution in [0, 0.1) is 11.3 Å². The Labute approximate surface area is 82.9 Å². The summed E-state index contributed by atoms with van der Waals surface area (Å²) >= 11 is 0. The van der Waals surface area contributed by atoms with E-state index in [0.29, 0.717) is 6.54 Å². The van der Waals surface area contributed by atoms with Crippen LogP contribution in [0.1, 0.15) is 26.7 Å². The molecule has 78 valence electrons. The molecule has 0 aromatic carbocycles. The van der Waals surface area contributed by atoms with Crippen molar-refractivity contribution in [1.82, 2.24) is 4.90 Å². The maximum atomic E-state index is 11.3. The van der Waals surface area contributed by atoms with Gasteiger partial charge in [0.2, 0.25) is 5.91 Å². The molecule has 0 radical (unpaired) electrons. The smallest absolute Gasteiger partial charge is 0.312 e. The molecule has 0 heterocycles. The van der Waals surface area contributed by atoms with E-state index in [1.807, 2.05) is 6.07 Å². The third kappa shape index (κ3) is 4.45. The average Bonchev–Trinajstić information content (AvgIpc) is 2.02. The maximum Gasteiger partial charge on any atom is 0.312 e. The van der Waals surface area contributed by atoms with Crippen molar-refractivity contribution in [2.75, 3.05) is 6.54 Å². The van der Waals surface area contributed by atoms with Gasteiger partial charge in [-0.25, -0.2) is 0 Å². The van der Waals surface area contributed by atoms with Gasteiger partial charge in [-0.15, -0.1) is 0 Å². The number of rotatable bonds is 5. The Morgan fingerprint density at radius 3 is 2.43 bits per heavy atom. The molecule has 5 nitrogen and oxygen atoms in total. The normalized spacial score (nSPS) is 9.57. The highest BCUT2D eigenvalue weighted by Crippen LogP contribution is 2.02. The van der Waals surface area contributed by atoms with E-state index < -0.39 is 18.3 Å². The van der Waals surface area contributed by atoms with E-state index in [0.717, 1.165) is 0 Å². The minimum Gasteiger partial charge on any atom is -0.481 e. The quantitative estimate of drug-likeness (QED) is 0.656. The first-order chi connectivity index (χ1) is 6.49. The second-order valence-corrected chi connectivity index (χ2v) is 3.16. The van der Waals surface area contributed by atoms with Crippen LogP contribution in [0.15, 0.2) is 0 Å². The molecule has 0 bridgehead atoms. The average molecular weight is 198 g/mol. The fourth-order valence-corrected chi connectivity index (χ4v) is 1.07. The van der Waals surface area contributed by atoms with Crippen LogP contribution in [0.25, 0.3) is 0 Å². The van der Waals surface area contributed by atoms with Crippen molar-refractivity contribution in [1.29, 1.82) is 5.26 Å². The highest BCUT2D eigenvalue weighted by Gasteiger charge is 2.18. The van der Waals surface area contributed by atoms with Gasteiger partial charge in [0.15, 0.2) is 0 Å². The van der Waals surface area contributed by atoms with Crippen LogP contribution in [-0.2, 0) is 9.59 Å². The van der Waals surface area contributed by atoms with Crippen LogP contribution in [0.5, 0.6) is 0 Å². The van der Waals surface area contributed by atoms with Crippen LogP contribution >= 0.6 is 0 Å². The molecule has 14 heavy (non-hydrogen) atoms. The lowest BCUT2D eigenvalue weighted by Crippen LogP contribution is -2.38. The molecule has 5 heteroatoms. The van der Waals surface area contributed by atoms with E-state index in [2.05, 4.69) is 0 Å². The molecule has 0 aliphatic heterocycles. The SMILES string of the molecule is CC(C)N(CCC#N)C(=O)CC(=O)O. The summed E-state index contributed by atoms with van der Waals surface area (Å²) in [6.45, 7) is 3.87. The second kappa shape index (κ2) is 5.97. The molecule has 1 N–H and O–H groups in total. The van der Waals surface area contributed by atoms with Crippen molar-refractivity contribution in [2.45, 2.75) is 32.7 Å². The minimum atomic E-state index is -1.14. The van der Waals surface area contributed by atoms with E-state index in [4.69, 9.17) is 10.4 Å². The van der Waals surface area contributed by atoms with E-state index in [-0.39, 0.29) is 12.5 Å². The summed E-state index contributed by atoms with van der Waals surface area (Å²) in [5, 5.41) is 16.8. The highest BCUT2D eigenvalue weighted by molar-refractivity contribution is 5.93. The van der Waals surface area contributed by atoms with Crippen LogP contribution in [0.4, 0.5) is 0 Å². The molecule has 0 unspecified atom stereocenters. The molecule has 0 aliphatic rings. The van der Waals surface area contributed by atoms with E-state index in [1.165, 1.54) is 4.90 Å². The zero-order valence-corrected chi connectivity index (χ0v) is 8.36. The summed E-state index contributed by atoms with van der Waals surface area (Å²) in [6, 6.07) is 1.85. The summed E-state index contributed by atoms with van der Waals surface area (Å²) in [5.74, 6) is -1.58. The summed E-state index contributed by atoms with van der Waals surface area (Å²) < 4.78 is 0. The largest absolute Gasteiger partial charge is 0.481 e. The van der Waals surface area contributed by atoms with Gasteiger partial charge in [0.25, 0.3) is 0 Å². The summed E-state index contributed by atoms with van der Waals surface area (Å²) in [7, 11) is 0. The number of nitriles is 1. The van der Waals surface area contributed by atoms with E-state index >= 15 is 0 Å². The molecule has 0 aromatic heterocycles. The number of hydrogen-bond acceptors (Lipinski definition) is 3. The molecular weight excluding hydrogens is 184 g/mol. The number of carboxylic acids is 1. The molecule has 0 atom stereocenters. The van der Waals surface area contributed by atoms with Gasteiger partial charge in [0.05, 0.1) is 12.5 Å². The van der Waals surface area contributed by atoms with Gasteiger partial charge in [-0.1, -0.05) is 0 Å². The second-order valence-electron chi connectivity index (χ2n) is 3.16. The van der Waals surface area contributed by atoms with Crippen molar-refractivity contribution in [2.24, 2.45) is 0 Å². The van der Waals surface area contributed by atoms with Gasteiger partial charge in [0.1, 0.15) is 6.42 Å².